The predicted octanol–water partition coefficient (Wildman–Crippen LogP) is 3.95. The number of nitrogens with one attached hydrogen (secondary N) is 1. The molecule has 3 nitrogen and oxygen atoms in total. The van der Waals surface area contributed by atoms with Crippen LogP contribution in [0.15, 0.2) is 36.4 Å². The molecule has 5 heteroatoms. The molecule has 1 aliphatic carbocycles. The molecule has 1 aliphatic rings. The Labute approximate surface area is 141 Å². The lowest BCUT2D eigenvalue weighted by Gasteiger charge is -2.26. The summed E-state index contributed by atoms with van der Waals surface area (Å²) in [5, 5.41) is 3.01. The second-order valence-corrected chi connectivity index (χ2v) is 5.84. The van der Waals surface area contributed by atoms with Crippen LogP contribution < -0.4 is 11.1 Å². The number of nitrogens with two attached hydrogens (primary N) is 1. The number of halogens is 2. The van der Waals surface area contributed by atoms with Crippen molar-refractivity contribution in [1.29, 1.82) is 0 Å². The smallest absolute Gasteiger partial charge is 0.251 e. The molecule has 3 N–H and O–H groups in total. The molecule has 2 aromatic rings. The number of carbonyl (C=O) groups excluding carboxylic acids is 1. The quantitative estimate of drug-likeness (QED) is 0.817. The lowest BCUT2D eigenvalue weighted by atomic mass is 9.87. The van der Waals surface area contributed by atoms with Crippen LogP contribution in [0.1, 0.15) is 45.9 Å². The molecule has 1 unspecified atom stereocenters. The molecule has 3 rings (SSSR count). The topological polar surface area (TPSA) is 55.1 Å². The summed E-state index contributed by atoms with van der Waals surface area (Å²) in [6.07, 6.45) is 2.87. The van der Waals surface area contributed by atoms with E-state index in [1.54, 1.807) is 19.1 Å². The van der Waals surface area contributed by atoms with Crippen LogP contribution in [0.25, 0.3) is 0 Å². The standard InChI is InChI=1S/C18H19FN2O.ClH/c1-11-5-6-13(10-16(11)19)18(22)21-17-4-2-3-12-9-14(20)7-8-15(12)17;/h5-10,17H,2-4,20H2,1H3,(H,21,22);1H. The summed E-state index contributed by atoms with van der Waals surface area (Å²) in [6, 6.07) is 10.3. The molecular weight excluding hydrogens is 315 g/mol. The molecule has 23 heavy (non-hydrogen) atoms. The fourth-order valence-corrected chi connectivity index (χ4v) is 2.96. The summed E-state index contributed by atoms with van der Waals surface area (Å²) in [6.45, 7) is 1.68. The van der Waals surface area contributed by atoms with Crippen molar-refractivity contribution in [2.45, 2.75) is 32.2 Å². The Hall–Kier alpha value is -2.07. The summed E-state index contributed by atoms with van der Waals surface area (Å²) < 4.78 is 13.6. The number of carbonyl (C=O) groups is 1. The Kier molecular flexibility index (Phi) is 5.26. The van der Waals surface area contributed by atoms with Crippen LogP contribution in [0.5, 0.6) is 0 Å². The fraction of sp³-hybridized carbons (Fsp3) is 0.278. The molecule has 2 aromatic carbocycles. The van der Waals surface area contributed by atoms with Gasteiger partial charge in [0, 0.05) is 11.3 Å². The highest BCUT2D eigenvalue weighted by Gasteiger charge is 2.22. The van der Waals surface area contributed by atoms with Crippen LogP contribution in [0.2, 0.25) is 0 Å². The van der Waals surface area contributed by atoms with Gasteiger partial charge in [0.1, 0.15) is 5.82 Å². The highest BCUT2D eigenvalue weighted by Crippen LogP contribution is 2.31. The maximum atomic E-state index is 13.6. The largest absolute Gasteiger partial charge is 0.399 e. The molecule has 0 aromatic heterocycles. The van der Waals surface area contributed by atoms with Crippen molar-refractivity contribution < 1.29 is 9.18 Å². The minimum Gasteiger partial charge on any atom is -0.399 e. The molecule has 0 aliphatic heterocycles. The van der Waals surface area contributed by atoms with Gasteiger partial charge in [-0.1, -0.05) is 12.1 Å². The van der Waals surface area contributed by atoms with Crippen molar-refractivity contribution in [3.63, 3.8) is 0 Å². The average molecular weight is 335 g/mol. The zero-order valence-corrected chi connectivity index (χ0v) is 13.8. The van der Waals surface area contributed by atoms with E-state index in [1.807, 2.05) is 18.2 Å². The molecule has 0 bridgehead atoms. The summed E-state index contributed by atoms with van der Waals surface area (Å²) in [7, 11) is 0. The van der Waals surface area contributed by atoms with Crippen LogP contribution in [0.3, 0.4) is 0 Å². The van der Waals surface area contributed by atoms with Gasteiger partial charge in [0.15, 0.2) is 0 Å². The van der Waals surface area contributed by atoms with Crippen molar-refractivity contribution in [1.82, 2.24) is 5.32 Å². The van der Waals surface area contributed by atoms with E-state index in [0.717, 1.165) is 30.5 Å². The number of amides is 1. The lowest BCUT2D eigenvalue weighted by molar-refractivity contribution is 0.0932. The molecule has 0 saturated heterocycles. The van der Waals surface area contributed by atoms with Crippen molar-refractivity contribution in [2.24, 2.45) is 0 Å². The first-order valence-corrected chi connectivity index (χ1v) is 7.50. The van der Waals surface area contributed by atoms with Gasteiger partial charge in [0.2, 0.25) is 0 Å². The van der Waals surface area contributed by atoms with E-state index in [1.165, 1.54) is 11.6 Å². The first-order chi connectivity index (χ1) is 10.5. The minimum atomic E-state index is -0.357. The zero-order valence-electron chi connectivity index (χ0n) is 12.9. The van der Waals surface area contributed by atoms with E-state index in [2.05, 4.69) is 5.32 Å². The van der Waals surface area contributed by atoms with Crippen LogP contribution in [0, 0.1) is 12.7 Å². The Morgan fingerprint density at radius 2 is 2.04 bits per heavy atom. The summed E-state index contributed by atoms with van der Waals surface area (Å²) in [5.41, 5.74) is 9.75. The maximum Gasteiger partial charge on any atom is 0.251 e. The lowest BCUT2D eigenvalue weighted by Crippen LogP contribution is -2.31. The fourth-order valence-electron chi connectivity index (χ4n) is 2.96. The highest BCUT2D eigenvalue weighted by atomic mass is 35.5. The second kappa shape index (κ2) is 7.01. The maximum absolute atomic E-state index is 13.6. The molecule has 0 radical (unpaired) electrons. The number of nitrogen functional groups attached to an aromatic ring is 1. The third-order valence-electron chi connectivity index (χ3n) is 4.22. The number of hydrogen-bond acceptors (Lipinski definition) is 2. The second-order valence-electron chi connectivity index (χ2n) is 5.84. The highest BCUT2D eigenvalue weighted by molar-refractivity contribution is 5.94. The third-order valence-corrected chi connectivity index (χ3v) is 4.22. The van der Waals surface area contributed by atoms with Crippen molar-refractivity contribution in [3.05, 3.63) is 64.5 Å². The number of hydrogen-bond donors (Lipinski definition) is 2. The molecule has 1 amide bonds. The van der Waals surface area contributed by atoms with Gasteiger partial charge in [-0.05, 0) is 67.1 Å². The van der Waals surface area contributed by atoms with Crippen molar-refractivity contribution in [3.8, 4) is 0 Å². The van der Waals surface area contributed by atoms with E-state index < -0.39 is 0 Å². The van der Waals surface area contributed by atoms with Gasteiger partial charge < -0.3 is 11.1 Å². The SMILES string of the molecule is Cc1ccc(C(=O)NC2CCCc3cc(N)ccc32)cc1F.Cl. The molecule has 0 fully saturated rings. The van der Waals surface area contributed by atoms with E-state index in [4.69, 9.17) is 5.73 Å². The monoisotopic (exact) mass is 334 g/mol. The van der Waals surface area contributed by atoms with Gasteiger partial charge in [-0.15, -0.1) is 12.4 Å². The summed E-state index contributed by atoms with van der Waals surface area (Å²) >= 11 is 0. The Morgan fingerprint density at radius 1 is 1.26 bits per heavy atom. The van der Waals surface area contributed by atoms with E-state index in [9.17, 15) is 9.18 Å². The van der Waals surface area contributed by atoms with Gasteiger partial charge in [0.25, 0.3) is 5.91 Å². The Balaban J connectivity index is 0.00000192. The molecule has 1 atom stereocenters. The molecular formula is C18H20ClFN2O. The number of benzene rings is 2. The number of aryl methyl sites for hydroxylation is 2. The van der Waals surface area contributed by atoms with Gasteiger partial charge >= 0.3 is 0 Å². The third kappa shape index (κ3) is 3.64. The van der Waals surface area contributed by atoms with Gasteiger partial charge in [-0.25, -0.2) is 4.39 Å². The predicted molar refractivity (Wildman–Crippen MR) is 92.4 cm³/mol. The van der Waals surface area contributed by atoms with Crippen LogP contribution in [-0.4, -0.2) is 5.91 Å². The van der Waals surface area contributed by atoms with Crippen molar-refractivity contribution in [2.75, 3.05) is 5.73 Å². The first kappa shape index (κ1) is 17.3. The Bertz CT molecular complexity index is 733. The van der Waals surface area contributed by atoms with E-state index in [-0.39, 0.29) is 30.2 Å². The van der Waals surface area contributed by atoms with Crippen LogP contribution >= 0.6 is 12.4 Å². The minimum absolute atomic E-state index is 0. The number of rotatable bonds is 2. The number of fused-ring (bicyclic) bond motifs is 1. The molecule has 0 saturated carbocycles. The summed E-state index contributed by atoms with van der Waals surface area (Å²) in [4.78, 5) is 12.4. The van der Waals surface area contributed by atoms with Gasteiger partial charge in [0.05, 0.1) is 6.04 Å². The zero-order chi connectivity index (χ0) is 15.7. The van der Waals surface area contributed by atoms with Crippen LogP contribution in [-0.2, 0) is 6.42 Å². The van der Waals surface area contributed by atoms with Gasteiger partial charge in [-0.3, -0.25) is 4.79 Å². The molecule has 0 heterocycles. The number of anilines is 1. The molecule has 122 valence electrons. The van der Waals surface area contributed by atoms with Crippen molar-refractivity contribution >= 4 is 24.0 Å². The average Bonchev–Trinajstić information content (AvgIpc) is 2.50. The summed E-state index contributed by atoms with van der Waals surface area (Å²) in [5.74, 6) is -0.599. The Morgan fingerprint density at radius 3 is 2.78 bits per heavy atom. The first-order valence-electron chi connectivity index (χ1n) is 7.50. The van der Waals surface area contributed by atoms with Gasteiger partial charge in [-0.2, -0.15) is 0 Å². The normalized spacial score (nSPS) is 16.2. The van der Waals surface area contributed by atoms with E-state index >= 15 is 0 Å². The molecule has 0 spiro atoms. The van der Waals surface area contributed by atoms with Crippen LogP contribution in [0.4, 0.5) is 10.1 Å². The van der Waals surface area contributed by atoms with E-state index in [0.29, 0.717) is 11.1 Å².